The van der Waals surface area contributed by atoms with Crippen LogP contribution in [-0.4, -0.2) is 25.9 Å². The normalized spacial score (nSPS) is 18.7. The molecular weight excluding hydrogens is 250 g/mol. The van der Waals surface area contributed by atoms with Crippen LogP contribution in [0.5, 0.6) is 5.75 Å². The van der Waals surface area contributed by atoms with Gasteiger partial charge in [0, 0.05) is 13.2 Å². The van der Waals surface area contributed by atoms with Gasteiger partial charge in [-0.05, 0) is 49.9 Å². The van der Waals surface area contributed by atoms with E-state index in [0.717, 1.165) is 31.9 Å². The molecule has 0 bridgehead atoms. The molecule has 20 heavy (non-hydrogen) atoms. The molecule has 0 saturated carbocycles. The highest BCUT2D eigenvalue weighted by molar-refractivity contribution is 5.27. The Kier molecular flexibility index (Phi) is 6.61. The molecule has 110 valence electrons. The Bertz CT molecular complexity index is 382. The molecule has 1 N–H and O–H groups in total. The smallest absolute Gasteiger partial charge is 0.119 e. The van der Waals surface area contributed by atoms with Crippen molar-refractivity contribution in [2.24, 2.45) is 0 Å². The van der Waals surface area contributed by atoms with E-state index < -0.39 is 0 Å². The predicted molar refractivity (Wildman–Crippen MR) is 82.0 cm³/mol. The number of hydrogen-bond donors (Lipinski definition) is 1. The van der Waals surface area contributed by atoms with E-state index >= 15 is 0 Å². The lowest BCUT2D eigenvalue weighted by Crippen LogP contribution is -2.25. The summed E-state index contributed by atoms with van der Waals surface area (Å²) in [6.45, 7) is 7.04. The van der Waals surface area contributed by atoms with Crippen molar-refractivity contribution in [3.8, 4) is 5.75 Å². The zero-order valence-electron chi connectivity index (χ0n) is 12.1. The first kappa shape index (κ1) is 15.1. The Hall–Kier alpha value is -1.32. The standard InChI is InChI=1S/C17H25NO2/c1-2-12-19-17-8-6-15(7-9-17)14-18-11-10-16-5-3-4-13-20-16/h2,6-9,16,18H,1,3-5,10-14H2. The summed E-state index contributed by atoms with van der Waals surface area (Å²) < 4.78 is 11.2. The van der Waals surface area contributed by atoms with E-state index in [1.54, 1.807) is 6.08 Å². The predicted octanol–water partition coefficient (Wildman–Crippen LogP) is 3.30. The monoisotopic (exact) mass is 275 g/mol. The SMILES string of the molecule is C=CCOc1ccc(CNCCC2CCCCO2)cc1. The molecule has 3 nitrogen and oxygen atoms in total. The van der Waals surface area contributed by atoms with Crippen molar-refractivity contribution < 1.29 is 9.47 Å². The molecule has 1 unspecified atom stereocenters. The van der Waals surface area contributed by atoms with E-state index in [1.807, 2.05) is 12.1 Å². The second-order valence-corrected chi connectivity index (χ2v) is 5.20. The first-order chi connectivity index (χ1) is 9.88. The fourth-order valence-electron chi connectivity index (χ4n) is 2.39. The fraction of sp³-hybridized carbons (Fsp3) is 0.529. The topological polar surface area (TPSA) is 30.5 Å². The fourth-order valence-corrected chi connectivity index (χ4v) is 2.39. The quantitative estimate of drug-likeness (QED) is 0.583. The van der Waals surface area contributed by atoms with Crippen LogP contribution < -0.4 is 10.1 Å². The molecule has 1 aromatic carbocycles. The lowest BCUT2D eigenvalue weighted by molar-refractivity contribution is 0.0115. The maximum Gasteiger partial charge on any atom is 0.119 e. The minimum atomic E-state index is 0.464. The number of nitrogens with one attached hydrogen (secondary N) is 1. The second kappa shape index (κ2) is 8.77. The van der Waals surface area contributed by atoms with Crippen LogP contribution in [0.4, 0.5) is 0 Å². The van der Waals surface area contributed by atoms with E-state index in [2.05, 4.69) is 24.0 Å². The number of ether oxygens (including phenoxy) is 2. The Labute approximate surface area is 122 Å². The lowest BCUT2D eigenvalue weighted by Gasteiger charge is -2.22. The zero-order valence-corrected chi connectivity index (χ0v) is 12.1. The van der Waals surface area contributed by atoms with Crippen molar-refractivity contribution in [1.82, 2.24) is 5.32 Å². The minimum absolute atomic E-state index is 0.464. The summed E-state index contributed by atoms with van der Waals surface area (Å²) in [7, 11) is 0. The summed E-state index contributed by atoms with van der Waals surface area (Å²) in [5.41, 5.74) is 1.28. The highest BCUT2D eigenvalue weighted by atomic mass is 16.5. The summed E-state index contributed by atoms with van der Waals surface area (Å²) in [5.74, 6) is 0.893. The first-order valence-electron chi connectivity index (χ1n) is 7.53. The van der Waals surface area contributed by atoms with Crippen LogP contribution in [0.1, 0.15) is 31.2 Å². The van der Waals surface area contributed by atoms with Crippen LogP contribution in [0, 0.1) is 0 Å². The van der Waals surface area contributed by atoms with Crippen molar-refractivity contribution in [2.75, 3.05) is 19.8 Å². The molecule has 0 amide bonds. The largest absolute Gasteiger partial charge is 0.490 e. The molecule has 0 aliphatic carbocycles. The molecule has 1 aromatic rings. The molecule has 2 rings (SSSR count). The third-order valence-electron chi connectivity index (χ3n) is 3.54. The van der Waals surface area contributed by atoms with Gasteiger partial charge in [-0.15, -0.1) is 0 Å². The molecule has 0 spiro atoms. The van der Waals surface area contributed by atoms with E-state index in [0.29, 0.717) is 12.7 Å². The van der Waals surface area contributed by atoms with E-state index in [1.165, 1.54) is 24.8 Å². The van der Waals surface area contributed by atoms with Gasteiger partial charge in [-0.25, -0.2) is 0 Å². The van der Waals surface area contributed by atoms with Gasteiger partial charge in [0.25, 0.3) is 0 Å². The molecule has 1 heterocycles. The zero-order chi connectivity index (χ0) is 14.0. The third-order valence-corrected chi connectivity index (χ3v) is 3.54. The average Bonchev–Trinajstić information content (AvgIpc) is 2.52. The van der Waals surface area contributed by atoms with Gasteiger partial charge in [0.2, 0.25) is 0 Å². The molecule has 1 atom stereocenters. The van der Waals surface area contributed by atoms with Crippen molar-refractivity contribution in [3.63, 3.8) is 0 Å². The lowest BCUT2D eigenvalue weighted by atomic mass is 10.1. The van der Waals surface area contributed by atoms with Crippen molar-refractivity contribution in [2.45, 2.75) is 38.3 Å². The molecule has 0 radical (unpaired) electrons. The molecule has 1 fully saturated rings. The van der Waals surface area contributed by atoms with Crippen molar-refractivity contribution >= 4 is 0 Å². The summed E-state index contributed by atoms with van der Waals surface area (Å²) >= 11 is 0. The summed E-state index contributed by atoms with van der Waals surface area (Å²) in [6, 6.07) is 8.21. The second-order valence-electron chi connectivity index (χ2n) is 5.20. The van der Waals surface area contributed by atoms with Gasteiger partial charge in [-0.1, -0.05) is 24.8 Å². The highest BCUT2D eigenvalue weighted by Crippen LogP contribution is 2.15. The molecule has 3 heteroatoms. The van der Waals surface area contributed by atoms with Gasteiger partial charge in [-0.2, -0.15) is 0 Å². The van der Waals surface area contributed by atoms with Gasteiger partial charge in [0.1, 0.15) is 12.4 Å². The van der Waals surface area contributed by atoms with Crippen LogP contribution in [0.15, 0.2) is 36.9 Å². The third kappa shape index (κ3) is 5.35. The molecule has 1 aliphatic heterocycles. The summed E-state index contributed by atoms with van der Waals surface area (Å²) in [6.07, 6.45) is 7.09. The van der Waals surface area contributed by atoms with Gasteiger partial charge in [-0.3, -0.25) is 0 Å². The number of rotatable bonds is 8. The maximum atomic E-state index is 5.72. The highest BCUT2D eigenvalue weighted by Gasteiger charge is 2.12. The Morgan fingerprint density at radius 3 is 2.85 bits per heavy atom. The van der Waals surface area contributed by atoms with E-state index in [4.69, 9.17) is 9.47 Å². The number of benzene rings is 1. The Morgan fingerprint density at radius 1 is 1.30 bits per heavy atom. The Morgan fingerprint density at radius 2 is 2.15 bits per heavy atom. The summed E-state index contributed by atoms with van der Waals surface area (Å²) in [5, 5.41) is 3.47. The Balaban J connectivity index is 1.62. The van der Waals surface area contributed by atoms with Crippen LogP contribution in [0.25, 0.3) is 0 Å². The molecule has 0 aromatic heterocycles. The van der Waals surface area contributed by atoms with Crippen LogP contribution in [-0.2, 0) is 11.3 Å². The molecule has 1 saturated heterocycles. The first-order valence-corrected chi connectivity index (χ1v) is 7.53. The van der Waals surface area contributed by atoms with Gasteiger partial charge in [0.15, 0.2) is 0 Å². The van der Waals surface area contributed by atoms with Crippen LogP contribution in [0.3, 0.4) is 0 Å². The van der Waals surface area contributed by atoms with Crippen molar-refractivity contribution in [1.29, 1.82) is 0 Å². The average molecular weight is 275 g/mol. The van der Waals surface area contributed by atoms with E-state index in [-0.39, 0.29) is 0 Å². The van der Waals surface area contributed by atoms with Crippen LogP contribution in [0.2, 0.25) is 0 Å². The minimum Gasteiger partial charge on any atom is -0.490 e. The van der Waals surface area contributed by atoms with Crippen LogP contribution >= 0.6 is 0 Å². The van der Waals surface area contributed by atoms with Gasteiger partial charge < -0.3 is 14.8 Å². The van der Waals surface area contributed by atoms with Gasteiger partial charge >= 0.3 is 0 Å². The van der Waals surface area contributed by atoms with Crippen molar-refractivity contribution in [3.05, 3.63) is 42.5 Å². The maximum absolute atomic E-state index is 5.72. The van der Waals surface area contributed by atoms with E-state index in [9.17, 15) is 0 Å². The van der Waals surface area contributed by atoms with Gasteiger partial charge in [0.05, 0.1) is 6.10 Å². The molecule has 1 aliphatic rings. The number of hydrogen-bond acceptors (Lipinski definition) is 3. The summed E-state index contributed by atoms with van der Waals surface area (Å²) in [4.78, 5) is 0. The molecular formula is C17H25NO2.